The second-order valence-electron chi connectivity index (χ2n) is 4.29. The van der Waals surface area contributed by atoms with Crippen molar-refractivity contribution in [2.24, 2.45) is 5.92 Å². The predicted molar refractivity (Wildman–Crippen MR) is 59.5 cm³/mol. The largest absolute Gasteiger partial charge is 0.481 e. The fourth-order valence-electron chi connectivity index (χ4n) is 1.93. The van der Waals surface area contributed by atoms with Gasteiger partial charge in [0.25, 0.3) is 0 Å². The molecule has 1 aromatic heterocycles. The molecule has 18 heavy (non-hydrogen) atoms. The lowest BCUT2D eigenvalue weighted by Crippen LogP contribution is -2.42. The number of piperidine rings is 1. The Balaban J connectivity index is 2.02. The lowest BCUT2D eigenvalue weighted by Gasteiger charge is -2.29. The number of carboxylic acids is 1. The minimum atomic E-state index is -0.868. The fourth-order valence-corrected chi connectivity index (χ4v) is 1.93. The first kappa shape index (κ1) is 12.5. The van der Waals surface area contributed by atoms with Crippen molar-refractivity contribution in [1.29, 1.82) is 0 Å². The summed E-state index contributed by atoms with van der Waals surface area (Å²) < 4.78 is 5.32. The molecule has 0 bridgehead atoms. The molecular weight excluding hydrogens is 238 g/mol. The Morgan fingerprint density at radius 2 is 2.22 bits per heavy atom. The number of carbonyl (C=O) groups excluding carboxylic acids is 1. The SMILES string of the molecule is CCc1nnc(CN2CC(C(=O)O)CCC2=O)o1. The lowest BCUT2D eigenvalue weighted by molar-refractivity contribution is -0.147. The normalized spacial score (nSPS) is 20.2. The zero-order valence-corrected chi connectivity index (χ0v) is 10.1. The third-order valence-corrected chi connectivity index (χ3v) is 2.99. The first-order valence-corrected chi connectivity index (χ1v) is 5.92. The molecule has 7 heteroatoms. The number of likely N-dealkylation sites (tertiary alicyclic amines) is 1. The van der Waals surface area contributed by atoms with Gasteiger partial charge in [-0.05, 0) is 6.42 Å². The van der Waals surface area contributed by atoms with Crippen molar-refractivity contribution in [2.75, 3.05) is 6.54 Å². The van der Waals surface area contributed by atoms with E-state index in [4.69, 9.17) is 9.52 Å². The van der Waals surface area contributed by atoms with Gasteiger partial charge in [-0.1, -0.05) is 6.92 Å². The molecule has 1 aliphatic heterocycles. The Labute approximate surface area is 104 Å². The van der Waals surface area contributed by atoms with Gasteiger partial charge in [-0.2, -0.15) is 0 Å². The lowest BCUT2D eigenvalue weighted by atomic mass is 9.98. The van der Waals surface area contributed by atoms with Crippen LogP contribution in [0, 0.1) is 5.92 Å². The minimum Gasteiger partial charge on any atom is -0.481 e. The third-order valence-electron chi connectivity index (χ3n) is 2.99. The van der Waals surface area contributed by atoms with Gasteiger partial charge in [0.15, 0.2) is 0 Å². The van der Waals surface area contributed by atoms with Crippen molar-refractivity contribution in [1.82, 2.24) is 15.1 Å². The number of amides is 1. The highest BCUT2D eigenvalue weighted by molar-refractivity contribution is 5.80. The molecule has 0 saturated carbocycles. The van der Waals surface area contributed by atoms with Gasteiger partial charge in [-0.25, -0.2) is 0 Å². The minimum absolute atomic E-state index is 0.0660. The molecule has 2 rings (SSSR count). The van der Waals surface area contributed by atoms with E-state index < -0.39 is 11.9 Å². The highest BCUT2D eigenvalue weighted by Crippen LogP contribution is 2.19. The van der Waals surface area contributed by atoms with Crippen LogP contribution in [0.2, 0.25) is 0 Å². The van der Waals surface area contributed by atoms with E-state index >= 15 is 0 Å². The van der Waals surface area contributed by atoms with Gasteiger partial charge in [-0.15, -0.1) is 10.2 Å². The van der Waals surface area contributed by atoms with Gasteiger partial charge in [0.05, 0.1) is 12.5 Å². The highest BCUT2D eigenvalue weighted by atomic mass is 16.4. The summed E-state index contributed by atoms with van der Waals surface area (Å²) in [6, 6.07) is 0. The molecular formula is C11H15N3O4. The molecule has 0 radical (unpaired) electrons. The number of hydrogen-bond acceptors (Lipinski definition) is 5. The van der Waals surface area contributed by atoms with E-state index in [9.17, 15) is 9.59 Å². The van der Waals surface area contributed by atoms with Crippen LogP contribution in [-0.2, 0) is 22.6 Å². The molecule has 1 fully saturated rings. The molecule has 7 nitrogen and oxygen atoms in total. The zero-order valence-electron chi connectivity index (χ0n) is 10.1. The Morgan fingerprint density at radius 1 is 1.50 bits per heavy atom. The molecule has 0 aliphatic carbocycles. The van der Waals surface area contributed by atoms with Crippen LogP contribution < -0.4 is 0 Å². The number of carbonyl (C=O) groups is 2. The van der Waals surface area contributed by atoms with Crippen LogP contribution in [0.3, 0.4) is 0 Å². The van der Waals surface area contributed by atoms with Crippen LogP contribution >= 0.6 is 0 Å². The molecule has 1 amide bonds. The van der Waals surface area contributed by atoms with E-state index in [1.165, 1.54) is 4.90 Å². The summed E-state index contributed by atoms with van der Waals surface area (Å²) in [6.07, 6.45) is 1.29. The smallest absolute Gasteiger partial charge is 0.308 e. The van der Waals surface area contributed by atoms with Gasteiger partial charge >= 0.3 is 5.97 Å². The molecule has 0 spiro atoms. The van der Waals surface area contributed by atoms with Crippen LogP contribution in [0.25, 0.3) is 0 Å². The Hall–Kier alpha value is -1.92. The molecule has 98 valence electrons. The van der Waals surface area contributed by atoms with Gasteiger partial charge in [0.1, 0.15) is 0 Å². The van der Waals surface area contributed by atoms with Gasteiger partial charge in [0, 0.05) is 19.4 Å². The molecule has 0 aromatic carbocycles. The maximum Gasteiger partial charge on any atom is 0.308 e. The van der Waals surface area contributed by atoms with Crippen LogP contribution in [0.15, 0.2) is 4.42 Å². The molecule has 1 N–H and O–H groups in total. The average Bonchev–Trinajstić information content (AvgIpc) is 2.79. The van der Waals surface area contributed by atoms with Gasteiger partial charge in [0.2, 0.25) is 17.7 Å². The maximum absolute atomic E-state index is 11.7. The monoisotopic (exact) mass is 253 g/mol. The standard InChI is InChI=1S/C11H15N3O4/c1-2-8-12-13-9(18-8)6-14-5-7(11(16)17)3-4-10(14)15/h7H,2-6H2,1H3,(H,16,17). The average molecular weight is 253 g/mol. The number of aryl methyl sites for hydroxylation is 1. The zero-order chi connectivity index (χ0) is 13.1. The van der Waals surface area contributed by atoms with Crippen LogP contribution in [0.1, 0.15) is 31.5 Å². The van der Waals surface area contributed by atoms with E-state index in [0.717, 1.165) is 0 Å². The van der Waals surface area contributed by atoms with Crippen molar-refractivity contribution in [3.63, 3.8) is 0 Å². The molecule has 1 aromatic rings. The number of aliphatic carboxylic acids is 1. The number of hydrogen-bond donors (Lipinski definition) is 1. The summed E-state index contributed by atoms with van der Waals surface area (Å²) in [5.41, 5.74) is 0. The molecule has 1 saturated heterocycles. The summed E-state index contributed by atoms with van der Waals surface area (Å²) in [5.74, 6) is -0.567. The van der Waals surface area contributed by atoms with Crippen molar-refractivity contribution >= 4 is 11.9 Å². The highest BCUT2D eigenvalue weighted by Gasteiger charge is 2.30. The number of nitrogens with zero attached hydrogens (tertiary/aromatic N) is 3. The molecule has 1 aliphatic rings. The first-order valence-electron chi connectivity index (χ1n) is 5.92. The number of aromatic nitrogens is 2. The summed E-state index contributed by atoms with van der Waals surface area (Å²) in [4.78, 5) is 24.1. The van der Waals surface area contributed by atoms with E-state index in [2.05, 4.69) is 10.2 Å². The summed E-state index contributed by atoms with van der Waals surface area (Å²) >= 11 is 0. The Bertz CT molecular complexity index is 457. The number of rotatable bonds is 4. The summed E-state index contributed by atoms with van der Waals surface area (Å²) in [7, 11) is 0. The summed E-state index contributed by atoms with van der Waals surface area (Å²) in [6.45, 7) is 2.29. The van der Waals surface area contributed by atoms with E-state index in [0.29, 0.717) is 24.6 Å². The maximum atomic E-state index is 11.7. The first-order chi connectivity index (χ1) is 8.60. The predicted octanol–water partition coefficient (Wildman–Crippen LogP) is 0.455. The van der Waals surface area contributed by atoms with Gasteiger partial charge in [-0.3, -0.25) is 9.59 Å². The third kappa shape index (κ3) is 2.66. The van der Waals surface area contributed by atoms with Crippen LogP contribution in [0.5, 0.6) is 0 Å². The van der Waals surface area contributed by atoms with E-state index in [1.54, 1.807) is 0 Å². The van der Waals surface area contributed by atoms with Crippen molar-refractivity contribution < 1.29 is 19.1 Å². The number of carboxylic acid groups (broad SMARTS) is 1. The van der Waals surface area contributed by atoms with Crippen LogP contribution in [-0.4, -0.2) is 38.6 Å². The molecule has 2 heterocycles. The molecule has 1 atom stereocenters. The van der Waals surface area contributed by atoms with E-state index in [1.807, 2.05) is 6.92 Å². The fraction of sp³-hybridized carbons (Fsp3) is 0.636. The van der Waals surface area contributed by atoms with E-state index in [-0.39, 0.29) is 25.4 Å². The summed E-state index contributed by atoms with van der Waals surface area (Å²) in [5, 5.41) is 16.6. The molecule has 1 unspecified atom stereocenters. The van der Waals surface area contributed by atoms with Crippen molar-refractivity contribution in [3.8, 4) is 0 Å². The second-order valence-corrected chi connectivity index (χ2v) is 4.29. The topological polar surface area (TPSA) is 96.5 Å². The second kappa shape index (κ2) is 5.16. The Kier molecular flexibility index (Phi) is 3.59. The van der Waals surface area contributed by atoms with Crippen LogP contribution in [0.4, 0.5) is 0 Å². The van der Waals surface area contributed by atoms with Crippen molar-refractivity contribution in [2.45, 2.75) is 32.7 Å². The quantitative estimate of drug-likeness (QED) is 0.837. The van der Waals surface area contributed by atoms with Gasteiger partial charge < -0.3 is 14.4 Å². The van der Waals surface area contributed by atoms with Crippen molar-refractivity contribution in [3.05, 3.63) is 11.8 Å². The Morgan fingerprint density at radius 3 is 2.83 bits per heavy atom.